The minimum absolute atomic E-state index is 0.00424. The second-order valence-electron chi connectivity index (χ2n) is 5.32. The van der Waals surface area contributed by atoms with Crippen LogP contribution >= 0.6 is 0 Å². The Morgan fingerprint density at radius 1 is 1.18 bits per heavy atom. The van der Waals surface area contributed by atoms with E-state index in [1.54, 1.807) is 6.92 Å². The maximum Gasteiger partial charge on any atom is 0.217 e. The monoisotopic (exact) mass is 298 g/mol. The van der Waals surface area contributed by atoms with Gasteiger partial charge < -0.3 is 10.1 Å². The summed E-state index contributed by atoms with van der Waals surface area (Å²) in [6, 6.07) is 12.4. The third kappa shape index (κ3) is 4.58. The van der Waals surface area contributed by atoms with Gasteiger partial charge in [-0.3, -0.25) is 4.79 Å². The highest BCUT2D eigenvalue weighted by Gasteiger charge is 2.05. The summed E-state index contributed by atoms with van der Waals surface area (Å²) in [5.74, 6) is 0.650. The lowest BCUT2D eigenvalue weighted by Gasteiger charge is -2.12. The van der Waals surface area contributed by atoms with Crippen LogP contribution in [0.4, 0.5) is 0 Å². The second kappa shape index (κ2) is 7.59. The molecule has 116 valence electrons. The van der Waals surface area contributed by atoms with Gasteiger partial charge in [-0.25, -0.2) is 4.98 Å². The normalized spacial score (nSPS) is 11.8. The van der Waals surface area contributed by atoms with Crippen LogP contribution in [-0.2, 0) is 11.2 Å². The molecule has 1 heterocycles. The molecule has 0 aliphatic heterocycles. The van der Waals surface area contributed by atoms with Gasteiger partial charge in [-0.15, -0.1) is 0 Å². The van der Waals surface area contributed by atoms with Gasteiger partial charge in [0.2, 0.25) is 11.8 Å². The van der Waals surface area contributed by atoms with Crippen LogP contribution in [0.1, 0.15) is 26.3 Å². The van der Waals surface area contributed by atoms with Crippen LogP contribution in [-0.4, -0.2) is 23.5 Å². The zero-order chi connectivity index (χ0) is 15.9. The molecular weight excluding hydrogens is 276 g/mol. The first-order valence-electron chi connectivity index (χ1n) is 7.53. The molecule has 0 aliphatic carbocycles. The van der Waals surface area contributed by atoms with Crippen molar-refractivity contribution in [3.63, 3.8) is 0 Å². The van der Waals surface area contributed by atoms with E-state index in [4.69, 9.17) is 4.74 Å². The van der Waals surface area contributed by atoms with E-state index in [0.29, 0.717) is 12.5 Å². The van der Waals surface area contributed by atoms with E-state index < -0.39 is 0 Å². The van der Waals surface area contributed by atoms with Gasteiger partial charge in [-0.2, -0.15) is 0 Å². The quantitative estimate of drug-likeness (QED) is 0.891. The van der Waals surface area contributed by atoms with Crippen LogP contribution < -0.4 is 10.1 Å². The molecule has 2 aromatic rings. The molecule has 4 nitrogen and oxygen atoms in total. The Labute approximate surface area is 131 Å². The summed E-state index contributed by atoms with van der Waals surface area (Å²) in [6.07, 6.45) is 2.64. The number of aromatic nitrogens is 1. The molecule has 0 bridgehead atoms. The van der Waals surface area contributed by atoms with Crippen molar-refractivity contribution in [1.82, 2.24) is 10.3 Å². The molecular formula is C18H22N2O2. The minimum Gasteiger partial charge on any atom is -0.478 e. The molecule has 1 atom stereocenters. The average Bonchev–Trinajstić information content (AvgIpc) is 2.48. The van der Waals surface area contributed by atoms with Crippen molar-refractivity contribution in [3.05, 3.63) is 48.2 Å². The number of benzene rings is 1. The fourth-order valence-electron chi connectivity index (χ4n) is 2.37. The average molecular weight is 298 g/mol. The molecule has 0 saturated carbocycles. The fourth-order valence-corrected chi connectivity index (χ4v) is 2.37. The first kappa shape index (κ1) is 16.0. The number of hydrogen-bond acceptors (Lipinski definition) is 3. The summed E-state index contributed by atoms with van der Waals surface area (Å²) in [7, 11) is 0. The number of nitrogens with one attached hydrogen (secondary N) is 1. The van der Waals surface area contributed by atoms with Crippen molar-refractivity contribution in [1.29, 1.82) is 0 Å². The number of amides is 1. The number of carbonyl (C=O) groups excluding carboxylic acids is 1. The van der Waals surface area contributed by atoms with Crippen LogP contribution in [0.3, 0.4) is 0 Å². The molecule has 0 spiro atoms. The Morgan fingerprint density at radius 2 is 1.86 bits per heavy atom. The molecule has 1 aromatic heterocycles. The summed E-state index contributed by atoms with van der Waals surface area (Å²) < 4.78 is 5.35. The van der Waals surface area contributed by atoms with Gasteiger partial charge in [0, 0.05) is 30.8 Å². The maximum absolute atomic E-state index is 11.0. The SMILES string of the molecule is CCOc1ccc(-c2ccc(C[C@H](C)NC(C)=O)cc2)cn1. The zero-order valence-electron chi connectivity index (χ0n) is 13.3. The highest BCUT2D eigenvalue weighted by molar-refractivity contribution is 5.73. The van der Waals surface area contributed by atoms with Gasteiger partial charge in [0.1, 0.15) is 0 Å². The first-order valence-corrected chi connectivity index (χ1v) is 7.53. The Morgan fingerprint density at radius 3 is 2.41 bits per heavy atom. The zero-order valence-corrected chi connectivity index (χ0v) is 13.3. The number of rotatable bonds is 6. The summed E-state index contributed by atoms with van der Waals surface area (Å²) in [5.41, 5.74) is 3.38. The lowest BCUT2D eigenvalue weighted by molar-refractivity contribution is -0.119. The molecule has 0 unspecified atom stereocenters. The van der Waals surface area contributed by atoms with Crippen molar-refractivity contribution in [3.8, 4) is 17.0 Å². The maximum atomic E-state index is 11.0. The molecule has 1 N–H and O–H groups in total. The Bertz CT molecular complexity index is 606. The topological polar surface area (TPSA) is 51.2 Å². The third-order valence-corrected chi connectivity index (χ3v) is 3.31. The minimum atomic E-state index is 0.00424. The standard InChI is InChI=1S/C18H22N2O2/c1-4-22-18-10-9-17(12-19-18)16-7-5-15(6-8-16)11-13(2)20-14(3)21/h5-10,12-13H,4,11H2,1-3H3,(H,20,21)/t13-/m0/s1. The van der Waals surface area contributed by atoms with Crippen LogP contribution in [0.25, 0.3) is 11.1 Å². The van der Waals surface area contributed by atoms with Gasteiger partial charge in [0.05, 0.1) is 6.61 Å². The lowest BCUT2D eigenvalue weighted by atomic mass is 10.0. The van der Waals surface area contributed by atoms with Crippen molar-refractivity contribution in [2.24, 2.45) is 0 Å². The largest absolute Gasteiger partial charge is 0.478 e. The molecule has 1 amide bonds. The number of nitrogens with zero attached hydrogens (tertiary/aromatic N) is 1. The summed E-state index contributed by atoms with van der Waals surface area (Å²) in [6.45, 7) is 6.11. The van der Waals surface area contributed by atoms with E-state index in [-0.39, 0.29) is 11.9 Å². The molecule has 0 aliphatic rings. The fraction of sp³-hybridized carbons (Fsp3) is 0.333. The van der Waals surface area contributed by atoms with Crippen molar-refractivity contribution >= 4 is 5.91 Å². The van der Waals surface area contributed by atoms with Gasteiger partial charge in [0.25, 0.3) is 0 Å². The smallest absolute Gasteiger partial charge is 0.217 e. The van der Waals surface area contributed by atoms with E-state index in [9.17, 15) is 4.79 Å². The summed E-state index contributed by atoms with van der Waals surface area (Å²) >= 11 is 0. The third-order valence-electron chi connectivity index (χ3n) is 3.31. The first-order chi connectivity index (χ1) is 10.6. The van der Waals surface area contributed by atoms with Crippen molar-refractivity contribution in [2.75, 3.05) is 6.61 Å². The summed E-state index contributed by atoms with van der Waals surface area (Å²) in [4.78, 5) is 15.3. The summed E-state index contributed by atoms with van der Waals surface area (Å²) in [5, 5.41) is 2.89. The Kier molecular flexibility index (Phi) is 5.53. The van der Waals surface area contributed by atoms with E-state index in [0.717, 1.165) is 17.5 Å². The molecule has 0 fully saturated rings. The Hall–Kier alpha value is -2.36. The van der Waals surface area contributed by atoms with Crippen LogP contribution in [0, 0.1) is 0 Å². The second-order valence-corrected chi connectivity index (χ2v) is 5.32. The highest BCUT2D eigenvalue weighted by atomic mass is 16.5. The van der Waals surface area contributed by atoms with E-state index >= 15 is 0 Å². The van der Waals surface area contributed by atoms with Gasteiger partial charge >= 0.3 is 0 Å². The Balaban J connectivity index is 2.03. The highest BCUT2D eigenvalue weighted by Crippen LogP contribution is 2.21. The molecule has 22 heavy (non-hydrogen) atoms. The number of pyridine rings is 1. The van der Waals surface area contributed by atoms with E-state index in [2.05, 4.69) is 34.6 Å². The van der Waals surface area contributed by atoms with Gasteiger partial charge in [0.15, 0.2) is 0 Å². The van der Waals surface area contributed by atoms with Crippen LogP contribution in [0.2, 0.25) is 0 Å². The number of carbonyl (C=O) groups is 1. The van der Waals surface area contributed by atoms with Crippen molar-refractivity contribution < 1.29 is 9.53 Å². The number of hydrogen-bond donors (Lipinski definition) is 1. The predicted molar refractivity (Wildman–Crippen MR) is 87.8 cm³/mol. The van der Waals surface area contributed by atoms with Gasteiger partial charge in [-0.05, 0) is 37.5 Å². The molecule has 1 aromatic carbocycles. The van der Waals surface area contributed by atoms with Crippen molar-refractivity contribution in [2.45, 2.75) is 33.2 Å². The van der Waals surface area contributed by atoms with Crippen LogP contribution in [0.5, 0.6) is 5.88 Å². The van der Waals surface area contributed by atoms with Crippen LogP contribution in [0.15, 0.2) is 42.6 Å². The van der Waals surface area contributed by atoms with Gasteiger partial charge in [-0.1, -0.05) is 24.3 Å². The molecule has 2 rings (SSSR count). The molecule has 0 saturated heterocycles. The van der Waals surface area contributed by atoms with E-state index in [1.807, 2.05) is 32.2 Å². The lowest BCUT2D eigenvalue weighted by Crippen LogP contribution is -2.31. The van der Waals surface area contributed by atoms with E-state index in [1.165, 1.54) is 5.56 Å². The molecule has 4 heteroatoms. The number of ether oxygens (including phenoxy) is 1. The predicted octanol–water partition coefficient (Wildman–Crippen LogP) is 3.21. The molecule has 0 radical (unpaired) electrons.